The Bertz CT molecular complexity index is 716. The molecule has 2 aromatic rings. The maximum absolute atomic E-state index is 6.37. The largest absolute Gasteiger partial charge is 0.474 e. The number of rotatable bonds is 7. The van der Waals surface area contributed by atoms with Gasteiger partial charge in [-0.25, -0.2) is 4.68 Å². The minimum Gasteiger partial charge on any atom is -0.474 e. The molecule has 0 bridgehead atoms. The molecule has 1 heterocycles. The smallest absolute Gasteiger partial charge is 0.220 e. The number of thiocarbonyl (C=S) groups is 1. The summed E-state index contributed by atoms with van der Waals surface area (Å²) in [5.41, 5.74) is 1.89. The topological polar surface area (TPSA) is 36.3 Å². The SMILES string of the molecule is CSC(=S)OCc1ccc(Cl)c2c1cnn2COCC[Si](C)(C)C. The number of hydrogen-bond donors (Lipinski definition) is 0. The average Bonchev–Trinajstić information content (AvgIpc) is 2.95. The number of hydrogen-bond acceptors (Lipinski definition) is 5. The van der Waals surface area contributed by atoms with Crippen molar-refractivity contribution in [2.24, 2.45) is 0 Å². The van der Waals surface area contributed by atoms with Gasteiger partial charge in [0.2, 0.25) is 4.38 Å². The molecule has 1 aromatic carbocycles. The third-order valence-corrected chi connectivity index (χ3v) is 6.64. The Morgan fingerprint density at radius 3 is 2.79 bits per heavy atom. The third-order valence-electron chi connectivity index (χ3n) is 3.56. The van der Waals surface area contributed by atoms with E-state index in [4.69, 9.17) is 33.3 Å². The highest BCUT2D eigenvalue weighted by Gasteiger charge is 2.14. The molecule has 8 heteroatoms. The standard InChI is InChI=1S/C16H23ClN2O2S2Si/c1-23-16(22)21-10-12-5-6-14(17)15-13(12)9-18-19(15)11-20-7-8-24(2,3)4/h5-6,9H,7-8,10-11H2,1-4H3. The predicted molar refractivity (Wildman–Crippen MR) is 110 cm³/mol. The van der Waals surface area contributed by atoms with E-state index in [1.807, 2.05) is 24.6 Å². The van der Waals surface area contributed by atoms with Gasteiger partial charge in [-0.2, -0.15) is 5.10 Å². The molecule has 2 rings (SSSR count). The van der Waals surface area contributed by atoms with E-state index >= 15 is 0 Å². The van der Waals surface area contributed by atoms with Crippen LogP contribution in [0.3, 0.4) is 0 Å². The molecule has 0 aliphatic rings. The normalized spacial score (nSPS) is 11.9. The number of halogens is 1. The number of thioether (sulfide) groups is 1. The minimum absolute atomic E-state index is 0.404. The number of aromatic nitrogens is 2. The van der Waals surface area contributed by atoms with Crippen LogP contribution in [0.25, 0.3) is 10.9 Å². The van der Waals surface area contributed by atoms with Crippen LogP contribution in [0.15, 0.2) is 18.3 Å². The maximum atomic E-state index is 6.37. The number of benzene rings is 1. The van der Waals surface area contributed by atoms with Crippen molar-refractivity contribution in [3.05, 3.63) is 28.9 Å². The number of ether oxygens (including phenoxy) is 2. The summed E-state index contributed by atoms with van der Waals surface area (Å²) in [6, 6.07) is 4.95. The molecule has 0 unspecified atom stereocenters. The first-order valence-corrected chi connectivity index (χ1v) is 13.4. The van der Waals surface area contributed by atoms with Crippen LogP contribution in [0.5, 0.6) is 0 Å². The van der Waals surface area contributed by atoms with Crippen LogP contribution >= 0.6 is 35.6 Å². The Hall–Kier alpha value is -0.603. The molecule has 0 radical (unpaired) electrons. The summed E-state index contributed by atoms with van der Waals surface area (Å²) < 4.78 is 13.7. The Morgan fingerprint density at radius 1 is 1.38 bits per heavy atom. The second-order valence-corrected chi connectivity index (χ2v) is 14.1. The molecule has 0 aliphatic heterocycles. The van der Waals surface area contributed by atoms with E-state index in [1.165, 1.54) is 11.8 Å². The van der Waals surface area contributed by atoms with Gasteiger partial charge in [-0.15, -0.1) is 0 Å². The van der Waals surface area contributed by atoms with Gasteiger partial charge in [0.05, 0.1) is 16.7 Å². The minimum atomic E-state index is -1.09. The van der Waals surface area contributed by atoms with E-state index in [9.17, 15) is 0 Å². The fraction of sp³-hybridized carbons (Fsp3) is 0.500. The van der Waals surface area contributed by atoms with Gasteiger partial charge in [0.1, 0.15) is 13.3 Å². The van der Waals surface area contributed by atoms with Crippen molar-refractivity contribution in [2.45, 2.75) is 39.0 Å². The zero-order chi connectivity index (χ0) is 17.7. The predicted octanol–water partition coefficient (Wildman–Crippen LogP) is 5.17. The van der Waals surface area contributed by atoms with E-state index in [-0.39, 0.29) is 0 Å². The van der Waals surface area contributed by atoms with Gasteiger partial charge < -0.3 is 9.47 Å². The molecule has 0 atom stereocenters. The molecule has 0 amide bonds. The quantitative estimate of drug-likeness (QED) is 0.363. The Balaban J connectivity index is 2.11. The van der Waals surface area contributed by atoms with Gasteiger partial charge in [0.25, 0.3) is 0 Å². The maximum Gasteiger partial charge on any atom is 0.220 e. The molecule has 0 N–H and O–H groups in total. The molecule has 0 fully saturated rings. The molecular weight excluding hydrogens is 380 g/mol. The summed E-state index contributed by atoms with van der Waals surface area (Å²) in [7, 11) is -1.09. The first-order chi connectivity index (χ1) is 11.3. The average molecular weight is 403 g/mol. The highest BCUT2D eigenvalue weighted by molar-refractivity contribution is 8.22. The van der Waals surface area contributed by atoms with Crippen LogP contribution in [0.2, 0.25) is 30.7 Å². The highest BCUT2D eigenvalue weighted by Crippen LogP contribution is 2.27. The monoisotopic (exact) mass is 402 g/mol. The van der Waals surface area contributed by atoms with Crippen LogP contribution in [0.4, 0.5) is 0 Å². The lowest BCUT2D eigenvalue weighted by Gasteiger charge is -2.15. The van der Waals surface area contributed by atoms with Crippen molar-refractivity contribution in [1.82, 2.24) is 9.78 Å². The lowest BCUT2D eigenvalue weighted by atomic mass is 10.1. The van der Waals surface area contributed by atoms with Gasteiger partial charge in [-0.1, -0.05) is 49.1 Å². The van der Waals surface area contributed by atoms with Gasteiger partial charge in [0.15, 0.2) is 0 Å². The first kappa shape index (κ1) is 19.7. The van der Waals surface area contributed by atoms with Crippen molar-refractivity contribution in [2.75, 3.05) is 12.9 Å². The van der Waals surface area contributed by atoms with Gasteiger partial charge in [-0.05, 0) is 30.6 Å². The van der Waals surface area contributed by atoms with Gasteiger partial charge >= 0.3 is 0 Å². The van der Waals surface area contributed by atoms with Crippen molar-refractivity contribution in [3.63, 3.8) is 0 Å². The lowest BCUT2D eigenvalue weighted by Crippen LogP contribution is -2.22. The molecule has 4 nitrogen and oxygen atoms in total. The van der Waals surface area contributed by atoms with Crippen LogP contribution in [-0.4, -0.2) is 35.1 Å². The zero-order valence-electron chi connectivity index (χ0n) is 14.5. The van der Waals surface area contributed by atoms with Crippen molar-refractivity contribution in [1.29, 1.82) is 0 Å². The fourth-order valence-electron chi connectivity index (χ4n) is 2.16. The van der Waals surface area contributed by atoms with E-state index in [1.54, 1.807) is 4.68 Å². The molecule has 132 valence electrons. The molecule has 0 aliphatic carbocycles. The second-order valence-electron chi connectivity index (χ2n) is 6.70. The fourth-order valence-corrected chi connectivity index (χ4v) is 3.42. The Morgan fingerprint density at radius 2 is 2.12 bits per heavy atom. The highest BCUT2D eigenvalue weighted by atomic mass is 35.5. The summed E-state index contributed by atoms with van der Waals surface area (Å²) in [5, 5.41) is 6.06. The van der Waals surface area contributed by atoms with E-state index in [0.29, 0.717) is 22.7 Å². The summed E-state index contributed by atoms with van der Waals surface area (Å²) >= 11 is 12.9. The van der Waals surface area contributed by atoms with Crippen LogP contribution in [0, 0.1) is 0 Å². The van der Waals surface area contributed by atoms with Crippen LogP contribution < -0.4 is 0 Å². The molecular formula is C16H23ClN2O2S2Si. The van der Waals surface area contributed by atoms with Crippen molar-refractivity contribution >= 4 is 58.9 Å². The summed E-state index contributed by atoms with van der Waals surface area (Å²) in [4.78, 5) is 0. The molecule has 0 saturated heterocycles. The Kier molecular flexibility index (Phi) is 7.12. The van der Waals surface area contributed by atoms with E-state index in [2.05, 4.69) is 24.7 Å². The van der Waals surface area contributed by atoms with Gasteiger partial charge in [-0.3, -0.25) is 0 Å². The summed E-state index contributed by atoms with van der Waals surface area (Å²) in [6.07, 6.45) is 3.71. The van der Waals surface area contributed by atoms with E-state index in [0.717, 1.165) is 29.1 Å². The Labute approximate surface area is 158 Å². The van der Waals surface area contributed by atoms with Crippen molar-refractivity contribution < 1.29 is 9.47 Å². The first-order valence-electron chi connectivity index (χ1n) is 7.73. The molecule has 1 aromatic heterocycles. The number of fused-ring (bicyclic) bond motifs is 1. The van der Waals surface area contributed by atoms with Crippen LogP contribution in [-0.2, 0) is 22.8 Å². The summed E-state index contributed by atoms with van der Waals surface area (Å²) in [6.45, 7) is 8.57. The zero-order valence-corrected chi connectivity index (χ0v) is 17.9. The lowest BCUT2D eigenvalue weighted by molar-refractivity contribution is 0.0817. The third kappa shape index (κ3) is 5.45. The van der Waals surface area contributed by atoms with E-state index < -0.39 is 8.07 Å². The number of nitrogens with zero attached hydrogens (tertiary/aromatic N) is 2. The second kappa shape index (κ2) is 8.67. The molecule has 24 heavy (non-hydrogen) atoms. The van der Waals surface area contributed by atoms with Crippen LogP contribution in [0.1, 0.15) is 5.56 Å². The summed E-state index contributed by atoms with van der Waals surface area (Å²) in [5.74, 6) is 0. The van der Waals surface area contributed by atoms with Gasteiger partial charge in [0, 0.05) is 25.6 Å². The molecule has 0 saturated carbocycles. The molecule has 0 spiro atoms. The van der Waals surface area contributed by atoms with Crippen molar-refractivity contribution in [3.8, 4) is 0 Å².